The van der Waals surface area contributed by atoms with Gasteiger partial charge in [0, 0.05) is 18.9 Å². The molecule has 1 unspecified atom stereocenters. The van der Waals surface area contributed by atoms with Gasteiger partial charge in [0.2, 0.25) is 5.95 Å². The molecule has 0 saturated carbocycles. The molecule has 2 rings (SSSR count). The zero-order valence-corrected chi connectivity index (χ0v) is 26.8. The van der Waals surface area contributed by atoms with E-state index in [0.717, 1.165) is 25.7 Å². The Bertz CT molecular complexity index is 1090. The van der Waals surface area contributed by atoms with Gasteiger partial charge >= 0.3 is 11.9 Å². The van der Waals surface area contributed by atoms with Crippen LogP contribution < -0.4 is 11.5 Å². The lowest BCUT2D eigenvalue weighted by atomic mass is 10.1. The summed E-state index contributed by atoms with van der Waals surface area (Å²) in [5, 5.41) is 0. The van der Waals surface area contributed by atoms with Gasteiger partial charge in [0.1, 0.15) is 11.6 Å². The van der Waals surface area contributed by atoms with Crippen LogP contribution in [0.5, 0.6) is 0 Å². The maximum Gasteiger partial charge on any atom is 0.323 e. The number of hydrogen-bond donors (Lipinski definition) is 2. The van der Waals surface area contributed by atoms with Gasteiger partial charge in [0.25, 0.3) is 0 Å². The van der Waals surface area contributed by atoms with Crippen LogP contribution in [0.2, 0.25) is 0 Å². The SMILES string of the molecule is CCCCCCCCCCCC=CCCCCC(=O)OCCC(COC(=O)[C@@H](N)C(C)C)Cn1cnc2cnc(N)nc21. The van der Waals surface area contributed by atoms with Gasteiger partial charge < -0.3 is 25.5 Å². The number of carbonyl (C=O) groups is 2. The van der Waals surface area contributed by atoms with Crippen molar-refractivity contribution >= 4 is 29.1 Å². The van der Waals surface area contributed by atoms with Crippen LogP contribution in [0.3, 0.4) is 0 Å². The van der Waals surface area contributed by atoms with Crippen LogP contribution in [-0.4, -0.2) is 50.7 Å². The van der Waals surface area contributed by atoms with Crippen LogP contribution >= 0.6 is 0 Å². The lowest BCUT2D eigenvalue weighted by Gasteiger charge is -2.20. The Morgan fingerprint density at radius 1 is 0.930 bits per heavy atom. The lowest BCUT2D eigenvalue weighted by Crippen LogP contribution is -2.38. The number of hydrogen-bond acceptors (Lipinski definition) is 9. The van der Waals surface area contributed by atoms with Crippen molar-refractivity contribution in [2.75, 3.05) is 18.9 Å². The second kappa shape index (κ2) is 21.6. The predicted molar refractivity (Wildman–Crippen MR) is 172 cm³/mol. The normalized spacial score (nSPS) is 13.1. The molecule has 43 heavy (non-hydrogen) atoms. The number of aromatic nitrogens is 4. The van der Waals surface area contributed by atoms with Crippen molar-refractivity contribution in [2.24, 2.45) is 17.6 Å². The summed E-state index contributed by atoms with van der Waals surface area (Å²) in [4.78, 5) is 37.3. The Morgan fingerprint density at radius 2 is 1.58 bits per heavy atom. The first-order valence-electron chi connectivity index (χ1n) is 16.5. The van der Waals surface area contributed by atoms with E-state index in [4.69, 9.17) is 20.9 Å². The third-order valence-electron chi connectivity index (χ3n) is 7.72. The average molecular weight is 601 g/mol. The quantitative estimate of drug-likeness (QED) is 0.0780. The number of nitrogens with two attached hydrogens (primary N) is 2. The van der Waals surface area contributed by atoms with Crippen molar-refractivity contribution in [3.8, 4) is 0 Å². The van der Waals surface area contributed by atoms with E-state index in [0.29, 0.717) is 30.6 Å². The first-order chi connectivity index (χ1) is 20.8. The zero-order chi connectivity index (χ0) is 31.3. The number of fused-ring (bicyclic) bond motifs is 1. The van der Waals surface area contributed by atoms with Crippen LogP contribution in [0.15, 0.2) is 24.7 Å². The molecule has 0 radical (unpaired) electrons. The number of nitrogens with zero attached hydrogens (tertiary/aromatic N) is 4. The highest BCUT2D eigenvalue weighted by Gasteiger charge is 2.22. The maximum absolute atomic E-state index is 12.4. The number of esters is 2. The van der Waals surface area contributed by atoms with Crippen molar-refractivity contribution in [3.63, 3.8) is 0 Å². The van der Waals surface area contributed by atoms with Gasteiger partial charge in [-0.2, -0.15) is 4.98 Å². The summed E-state index contributed by atoms with van der Waals surface area (Å²) in [5.74, 6) is -0.658. The van der Waals surface area contributed by atoms with E-state index in [-0.39, 0.29) is 37.0 Å². The number of ether oxygens (including phenoxy) is 2. The largest absolute Gasteiger partial charge is 0.466 e. The Morgan fingerprint density at radius 3 is 2.26 bits per heavy atom. The van der Waals surface area contributed by atoms with Gasteiger partial charge in [-0.25, -0.2) is 9.97 Å². The Kier molecular flexibility index (Phi) is 18.2. The van der Waals surface area contributed by atoms with Gasteiger partial charge in [-0.15, -0.1) is 0 Å². The van der Waals surface area contributed by atoms with Gasteiger partial charge in [0.15, 0.2) is 5.65 Å². The van der Waals surface area contributed by atoms with E-state index in [2.05, 4.69) is 34.0 Å². The predicted octanol–water partition coefficient (Wildman–Crippen LogP) is 6.52. The number of anilines is 1. The highest BCUT2D eigenvalue weighted by molar-refractivity contribution is 5.75. The maximum atomic E-state index is 12.4. The molecule has 0 spiro atoms. The lowest BCUT2D eigenvalue weighted by molar-refractivity contribution is -0.149. The minimum absolute atomic E-state index is 0.0284. The van der Waals surface area contributed by atoms with E-state index in [1.54, 1.807) is 12.5 Å². The molecule has 0 saturated heterocycles. The Balaban J connectivity index is 1.65. The van der Waals surface area contributed by atoms with Gasteiger partial charge in [-0.1, -0.05) is 84.3 Å². The number of rotatable bonds is 24. The van der Waals surface area contributed by atoms with Crippen molar-refractivity contribution in [1.29, 1.82) is 0 Å². The molecule has 0 aliphatic rings. The summed E-state index contributed by atoms with van der Waals surface area (Å²) in [7, 11) is 0. The van der Waals surface area contributed by atoms with E-state index in [1.165, 1.54) is 57.8 Å². The molecular formula is C33H56N6O4. The smallest absolute Gasteiger partial charge is 0.323 e. The molecule has 0 amide bonds. The molecule has 2 atom stereocenters. The summed E-state index contributed by atoms with van der Waals surface area (Å²) in [5.41, 5.74) is 12.9. The molecule has 2 aromatic heterocycles. The summed E-state index contributed by atoms with van der Waals surface area (Å²) < 4.78 is 12.9. The van der Waals surface area contributed by atoms with Crippen molar-refractivity contribution in [1.82, 2.24) is 19.5 Å². The van der Waals surface area contributed by atoms with E-state index in [9.17, 15) is 9.59 Å². The molecule has 0 fully saturated rings. The molecule has 2 aromatic rings. The molecule has 0 aliphatic heterocycles. The monoisotopic (exact) mass is 600 g/mol. The highest BCUT2D eigenvalue weighted by atomic mass is 16.5. The molecule has 0 aliphatic carbocycles. The first kappa shape index (κ1) is 36.2. The van der Waals surface area contributed by atoms with Crippen molar-refractivity contribution < 1.29 is 19.1 Å². The van der Waals surface area contributed by atoms with Crippen LogP contribution in [0.25, 0.3) is 11.2 Å². The number of unbranched alkanes of at least 4 members (excludes halogenated alkanes) is 11. The second-order valence-electron chi connectivity index (χ2n) is 11.9. The third kappa shape index (κ3) is 15.3. The van der Waals surface area contributed by atoms with Gasteiger partial charge in [-0.05, 0) is 44.4 Å². The highest BCUT2D eigenvalue weighted by Crippen LogP contribution is 2.16. The molecule has 4 N–H and O–H groups in total. The Hall–Kier alpha value is -3.01. The fourth-order valence-corrected chi connectivity index (χ4v) is 4.83. The van der Waals surface area contributed by atoms with E-state index >= 15 is 0 Å². The van der Waals surface area contributed by atoms with E-state index < -0.39 is 12.0 Å². The standard InChI is InChI=1S/C33H56N6O4/c1-4-5-6-7-8-9-10-11-12-13-14-15-16-17-18-19-29(40)42-21-20-27(24-43-32(41)30(34)26(2)3)23-39-25-37-28-22-36-33(35)38-31(28)39/h14-15,22,25-27,30H,4-13,16-21,23-24,34H2,1-3H3,(H2,35,36,38)/t27?,30-/m0/s1. The van der Waals surface area contributed by atoms with Crippen molar-refractivity contribution in [2.45, 2.75) is 130 Å². The number of nitrogen functional groups attached to an aromatic ring is 1. The first-order valence-corrected chi connectivity index (χ1v) is 16.5. The van der Waals surface area contributed by atoms with Crippen LogP contribution in [0.1, 0.15) is 117 Å². The van der Waals surface area contributed by atoms with Crippen LogP contribution in [0, 0.1) is 11.8 Å². The Labute approximate surface area is 258 Å². The zero-order valence-electron chi connectivity index (χ0n) is 26.8. The van der Waals surface area contributed by atoms with Crippen LogP contribution in [-0.2, 0) is 25.6 Å². The summed E-state index contributed by atoms with van der Waals surface area (Å²) in [6, 6.07) is -0.690. The molecule has 242 valence electrons. The fourth-order valence-electron chi connectivity index (χ4n) is 4.83. The fraction of sp³-hybridized carbons (Fsp3) is 0.727. The number of carbonyl (C=O) groups excluding carboxylic acids is 2. The van der Waals surface area contributed by atoms with Crippen molar-refractivity contribution in [3.05, 3.63) is 24.7 Å². The molecular weight excluding hydrogens is 544 g/mol. The minimum atomic E-state index is -0.690. The second-order valence-corrected chi connectivity index (χ2v) is 11.9. The topological polar surface area (TPSA) is 148 Å². The molecule has 2 heterocycles. The van der Waals surface area contributed by atoms with Gasteiger partial charge in [0.05, 0.1) is 25.7 Å². The van der Waals surface area contributed by atoms with Crippen LogP contribution in [0.4, 0.5) is 5.95 Å². The summed E-state index contributed by atoms with van der Waals surface area (Å²) in [6.45, 7) is 6.85. The number of imidazole rings is 1. The average Bonchev–Trinajstić information content (AvgIpc) is 3.38. The number of allylic oxidation sites excluding steroid dienone is 2. The molecule has 0 aromatic carbocycles. The molecule has 0 bridgehead atoms. The molecule has 10 nitrogen and oxygen atoms in total. The molecule has 10 heteroatoms. The van der Waals surface area contributed by atoms with E-state index in [1.807, 2.05) is 18.4 Å². The summed E-state index contributed by atoms with van der Waals surface area (Å²) in [6.07, 6.45) is 24.7. The minimum Gasteiger partial charge on any atom is -0.466 e. The van der Waals surface area contributed by atoms with Gasteiger partial charge in [-0.3, -0.25) is 9.59 Å². The third-order valence-corrected chi connectivity index (χ3v) is 7.72. The summed E-state index contributed by atoms with van der Waals surface area (Å²) >= 11 is 0.